The van der Waals surface area contributed by atoms with Gasteiger partial charge in [0, 0.05) is 39.1 Å². The fraction of sp³-hybridized carbons (Fsp3) is 0.700. The maximum atomic E-state index is 13.5. The number of carbonyl (C=O) groups excluding carboxylic acids is 3. The van der Waals surface area contributed by atoms with E-state index >= 15 is 0 Å². The van der Waals surface area contributed by atoms with Crippen molar-refractivity contribution in [3.05, 3.63) is 35.9 Å². The molecule has 1 aliphatic carbocycles. The van der Waals surface area contributed by atoms with Gasteiger partial charge in [0.1, 0.15) is 11.6 Å². The number of hydrogen-bond acceptors (Lipinski definition) is 4. The van der Waals surface area contributed by atoms with Crippen LogP contribution in [0.5, 0.6) is 0 Å². The molecule has 0 unspecified atom stereocenters. The van der Waals surface area contributed by atoms with E-state index in [9.17, 15) is 14.4 Å². The van der Waals surface area contributed by atoms with Gasteiger partial charge >= 0.3 is 0 Å². The second-order valence-electron chi connectivity index (χ2n) is 11.3. The molecular weight excluding hydrogens is 464 g/mol. The number of hydrogen-bond donors (Lipinski definition) is 2. The molecule has 0 bridgehead atoms. The second-order valence-corrected chi connectivity index (χ2v) is 11.3. The highest BCUT2D eigenvalue weighted by molar-refractivity contribution is 6.00. The van der Waals surface area contributed by atoms with Crippen LogP contribution < -0.4 is 10.6 Å². The highest BCUT2D eigenvalue weighted by Gasteiger charge is 2.52. The number of piperidine rings is 1. The van der Waals surface area contributed by atoms with Crippen LogP contribution in [-0.2, 0) is 20.8 Å². The first-order chi connectivity index (χ1) is 18.0. The van der Waals surface area contributed by atoms with Crippen molar-refractivity contribution in [1.29, 1.82) is 0 Å². The lowest BCUT2D eigenvalue weighted by Crippen LogP contribution is -2.72. The van der Waals surface area contributed by atoms with Crippen molar-refractivity contribution in [3.8, 4) is 0 Å². The predicted molar refractivity (Wildman–Crippen MR) is 146 cm³/mol. The average Bonchev–Trinajstić information content (AvgIpc) is 3.42. The van der Waals surface area contributed by atoms with Gasteiger partial charge in [0.15, 0.2) is 0 Å². The Morgan fingerprint density at radius 3 is 2.49 bits per heavy atom. The van der Waals surface area contributed by atoms with Crippen molar-refractivity contribution in [3.63, 3.8) is 0 Å². The fourth-order valence-corrected chi connectivity index (χ4v) is 6.44. The first kappa shape index (κ1) is 27.6. The van der Waals surface area contributed by atoms with Crippen LogP contribution in [0.25, 0.3) is 0 Å². The number of nitrogens with one attached hydrogen (secondary N) is 2. The summed E-state index contributed by atoms with van der Waals surface area (Å²) < 4.78 is 0. The number of likely N-dealkylation sites (tertiary alicyclic amines) is 1. The Bertz CT molecular complexity index is 891. The molecule has 1 spiro atoms. The van der Waals surface area contributed by atoms with Gasteiger partial charge in [-0.2, -0.15) is 0 Å². The van der Waals surface area contributed by atoms with E-state index in [1.165, 1.54) is 31.2 Å². The van der Waals surface area contributed by atoms with E-state index in [0.717, 1.165) is 45.3 Å². The monoisotopic (exact) mass is 510 g/mol. The van der Waals surface area contributed by atoms with Gasteiger partial charge < -0.3 is 20.4 Å². The molecule has 2 saturated heterocycles. The molecule has 204 valence electrons. The highest BCUT2D eigenvalue weighted by Crippen LogP contribution is 2.34. The van der Waals surface area contributed by atoms with Gasteiger partial charge in [0.05, 0.1) is 0 Å². The molecule has 3 aliphatic rings. The van der Waals surface area contributed by atoms with E-state index < -0.39 is 11.6 Å². The third-order valence-electron chi connectivity index (χ3n) is 8.69. The summed E-state index contributed by atoms with van der Waals surface area (Å²) in [6.45, 7) is 5.98. The SMILES string of the molecule is CCCN1C(=O)[C@H](CCCCNC(=O)CC2CCCC2)NC(=O)C12CCN(CCc1ccccc1)CC2. The van der Waals surface area contributed by atoms with Crippen LogP contribution in [0.4, 0.5) is 0 Å². The smallest absolute Gasteiger partial charge is 0.246 e. The van der Waals surface area contributed by atoms with Gasteiger partial charge in [-0.15, -0.1) is 0 Å². The Morgan fingerprint density at radius 2 is 1.78 bits per heavy atom. The number of piperazine rings is 1. The standard InChI is InChI=1S/C30H46N4O3/c1-2-19-34-28(36)26(14-8-9-18-31-27(35)23-25-12-6-7-13-25)32-29(37)30(34)16-21-33(22-17-30)20-15-24-10-4-3-5-11-24/h3-5,10-11,25-26H,2,6-9,12-23H2,1H3,(H,31,35)(H,32,37)/t26-/m0/s1. The van der Waals surface area contributed by atoms with Crippen molar-refractivity contribution < 1.29 is 14.4 Å². The maximum absolute atomic E-state index is 13.5. The number of nitrogens with zero attached hydrogens (tertiary/aromatic N) is 2. The van der Waals surface area contributed by atoms with Crippen LogP contribution in [0.15, 0.2) is 30.3 Å². The van der Waals surface area contributed by atoms with Crippen LogP contribution in [0.2, 0.25) is 0 Å². The highest BCUT2D eigenvalue weighted by atomic mass is 16.2. The molecule has 3 amide bonds. The largest absolute Gasteiger partial charge is 0.356 e. The Hall–Kier alpha value is -2.41. The Balaban J connectivity index is 1.23. The number of carbonyl (C=O) groups is 3. The summed E-state index contributed by atoms with van der Waals surface area (Å²) in [4.78, 5) is 43.5. The minimum Gasteiger partial charge on any atom is -0.356 e. The molecule has 1 aromatic rings. The van der Waals surface area contributed by atoms with E-state index in [1.807, 2.05) is 11.0 Å². The lowest BCUT2D eigenvalue weighted by atomic mass is 9.81. The summed E-state index contributed by atoms with van der Waals surface area (Å²) in [7, 11) is 0. The summed E-state index contributed by atoms with van der Waals surface area (Å²) in [6, 6.07) is 10.1. The topological polar surface area (TPSA) is 81.8 Å². The summed E-state index contributed by atoms with van der Waals surface area (Å²) in [5.41, 5.74) is 0.623. The summed E-state index contributed by atoms with van der Waals surface area (Å²) in [5, 5.41) is 6.14. The Kier molecular flexibility index (Phi) is 10.0. The van der Waals surface area contributed by atoms with E-state index in [2.05, 4.69) is 46.7 Å². The number of benzene rings is 1. The van der Waals surface area contributed by atoms with Gasteiger partial charge in [-0.3, -0.25) is 14.4 Å². The minimum absolute atomic E-state index is 0.0260. The maximum Gasteiger partial charge on any atom is 0.246 e. The molecular formula is C30H46N4O3. The number of unbranched alkanes of at least 4 members (excludes halogenated alkanes) is 1. The van der Waals surface area contributed by atoms with E-state index in [4.69, 9.17) is 0 Å². The minimum atomic E-state index is -0.707. The van der Waals surface area contributed by atoms with Gasteiger partial charge in [-0.1, -0.05) is 50.1 Å². The van der Waals surface area contributed by atoms with Crippen molar-refractivity contribution >= 4 is 17.7 Å². The zero-order chi connectivity index (χ0) is 26.1. The molecule has 3 fully saturated rings. The van der Waals surface area contributed by atoms with E-state index in [1.54, 1.807) is 0 Å². The Labute approximate surface area is 222 Å². The lowest BCUT2D eigenvalue weighted by molar-refractivity contribution is -0.161. The van der Waals surface area contributed by atoms with Crippen LogP contribution in [0.1, 0.15) is 83.1 Å². The van der Waals surface area contributed by atoms with Crippen molar-refractivity contribution in [2.45, 2.75) is 95.6 Å². The molecule has 2 aliphatic heterocycles. The molecule has 4 rings (SSSR count). The van der Waals surface area contributed by atoms with E-state index in [-0.39, 0.29) is 17.7 Å². The van der Waals surface area contributed by atoms with Crippen LogP contribution in [0.3, 0.4) is 0 Å². The van der Waals surface area contributed by atoms with Crippen molar-refractivity contribution in [2.24, 2.45) is 5.92 Å². The Morgan fingerprint density at radius 1 is 1.05 bits per heavy atom. The fourth-order valence-electron chi connectivity index (χ4n) is 6.44. The molecule has 1 atom stereocenters. The third-order valence-corrected chi connectivity index (χ3v) is 8.69. The van der Waals surface area contributed by atoms with Gasteiger partial charge in [0.25, 0.3) is 0 Å². The molecule has 2 heterocycles. The zero-order valence-electron chi connectivity index (χ0n) is 22.7. The number of rotatable bonds is 12. The molecule has 0 aromatic heterocycles. The summed E-state index contributed by atoms with van der Waals surface area (Å²) in [6.07, 6.45) is 11.0. The van der Waals surface area contributed by atoms with Gasteiger partial charge in [0.2, 0.25) is 17.7 Å². The predicted octanol–water partition coefficient (Wildman–Crippen LogP) is 3.67. The molecule has 7 nitrogen and oxygen atoms in total. The molecule has 37 heavy (non-hydrogen) atoms. The van der Waals surface area contributed by atoms with Crippen molar-refractivity contribution in [2.75, 3.05) is 32.7 Å². The van der Waals surface area contributed by atoms with Gasteiger partial charge in [-0.05, 0) is 69.3 Å². The van der Waals surface area contributed by atoms with Crippen molar-refractivity contribution in [1.82, 2.24) is 20.4 Å². The molecule has 1 aromatic carbocycles. The molecule has 1 saturated carbocycles. The van der Waals surface area contributed by atoms with Crippen LogP contribution >= 0.6 is 0 Å². The van der Waals surface area contributed by atoms with Gasteiger partial charge in [-0.25, -0.2) is 0 Å². The van der Waals surface area contributed by atoms with Crippen LogP contribution in [-0.4, -0.2) is 71.8 Å². The quantitative estimate of drug-likeness (QED) is 0.421. The molecule has 7 heteroatoms. The summed E-state index contributed by atoms with van der Waals surface area (Å²) >= 11 is 0. The normalized spacial score (nSPS) is 22.4. The third kappa shape index (κ3) is 7.13. The number of amides is 3. The first-order valence-corrected chi connectivity index (χ1v) is 14.7. The molecule has 2 N–H and O–H groups in total. The van der Waals surface area contributed by atoms with Crippen LogP contribution in [0, 0.1) is 5.92 Å². The summed E-state index contributed by atoms with van der Waals surface area (Å²) in [5.74, 6) is 0.811. The first-order valence-electron chi connectivity index (χ1n) is 14.7. The zero-order valence-corrected chi connectivity index (χ0v) is 22.7. The second kappa shape index (κ2) is 13.4. The van der Waals surface area contributed by atoms with E-state index in [0.29, 0.717) is 44.7 Å². The lowest BCUT2D eigenvalue weighted by Gasteiger charge is -2.51. The average molecular weight is 511 g/mol. The molecule has 0 radical (unpaired) electrons.